The molecule has 1 fully saturated rings. The van der Waals surface area contributed by atoms with E-state index >= 15 is 0 Å². The minimum absolute atomic E-state index is 0.135. The molecule has 2 rings (SSSR count). The lowest BCUT2D eigenvalue weighted by molar-refractivity contribution is -0.148. The van der Waals surface area contributed by atoms with Crippen LogP contribution in [-0.4, -0.2) is 43.1 Å². The molecular formula is C22H33NO4. The van der Waals surface area contributed by atoms with Crippen molar-refractivity contribution >= 4 is 11.9 Å². The van der Waals surface area contributed by atoms with Crippen molar-refractivity contribution in [2.75, 3.05) is 20.3 Å². The van der Waals surface area contributed by atoms with Crippen LogP contribution in [0.15, 0.2) is 24.3 Å². The van der Waals surface area contributed by atoms with Gasteiger partial charge in [0.1, 0.15) is 11.8 Å². The van der Waals surface area contributed by atoms with Gasteiger partial charge in [-0.2, -0.15) is 0 Å². The van der Waals surface area contributed by atoms with Gasteiger partial charge in [-0.15, -0.1) is 0 Å². The highest BCUT2D eigenvalue weighted by Crippen LogP contribution is 2.23. The average molecular weight is 376 g/mol. The molecule has 5 heteroatoms. The third-order valence-corrected chi connectivity index (χ3v) is 5.09. The second kappa shape index (κ2) is 11.6. The molecule has 150 valence electrons. The summed E-state index contributed by atoms with van der Waals surface area (Å²) in [5, 5.41) is 0. The molecule has 1 atom stereocenters. The SMILES string of the molecule is CCCCCCCCCOC(=O)C1CCCN1C(=O)c1cccc(OC)c1. The van der Waals surface area contributed by atoms with Crippen molar-refractivity contribution < 1.29 is 19.1 Å². The Balaban J connectivity index is 1.77. The zero-order valence-corrected chi connectivity index (χ0v) is 16.7. The maximum Gasteiger partial charge on any atom is 0.328 e. The number of ether oxygens (including phenoxy) is 2. The van der Waals surface area contributed by atoms with Crippen LogP contribution in [0, 0.1) is 0 Å². The molecule has 0 radical (unpaired) electrons. The highest BCUT2D eigenvalue weighted by atomic mass is 16.5. The molecule has 27 heavy (non-hydrogen) atoms. The van der Waals surface area contributed by atoms with Crippen LogP contribution < -0.4 is 4.74 Å². The van der Waals surface area contributed by atoms with E-state index in [2.05, 4.69) is 6.92 Å². The van der Waals surface area contributed by atoms with Gasteiger partial charge in [0.15, 0.2) is 0 Å². The summed E-state index contributed by atoms with van der Waals surface area (Å²) in [6.45, 7) is 3.25. The largest absolute Gasteiger partial charge is 0.497 e. The Kier molecular flexibility index (Phi) is 9.16. The average Bonchev–Trinajstić information content (AvgIpc) is 3.19. The topological polar surface area (TPSA) is 55.8 Å². The van der Waals surface area contributed by atoms with Crippen molar-refractivity contribution in [3.63, 3.8) is 0 Å². The van der Waals surface area contributed by atoms with Crippen LogP contribution in [0.3, 0.4) is 0 Å². The van der Waals surface area contributed by atoms with E-state index in [0.717, 1.165) is 19.3 Å². The van der Waals surface area contributed by atoms with E-state index in [0.29, 0.717) is 30.9 Å². The van der Waals surface area contributed by atoms with Gasteiger partial charge in [-0.05, 0) is 37.5 Å². The lowest BCUT2D eigenvalue weighted by atomic mass is 10.1. The quantitative estimate of drug-likeness (QED) is 0.419. The summed E-state index contributed by atoms with van der Waals surface area (Å²) >= 11 is 0. The molecule has 0 aliphatic carbocycles. The van der Waals surface area contributed by atoms with Crippen molar-refractivity contribution in [3.05, 3.63) is 29.8 Å². The van der Waals surface area contributed by atoms with Crippen molar-refractivity contribution in [1.82, 2.24) is 4.90 Å². The van der Waals surface area contributed by atoms with E-state index in [1.54, 1.807) is 36.3 Å². The van der Waals surface area contributed by atoms with E-state index < -0.39 is 6.04 Å². The predicted molar refractivity (Wildman–Crippen MR) is 106 cm³/mol. The van der Waals surface area contributed by atoms with Gasteiger partial charge in [-0.1, -0.05) is 51.5 Å². The van der Waals surface area contributed by atoms with Crippen LogP contribution in [0.4, 0.5) is 0 Å². The van der Waals surface area contributed by atoms with Gasteiger partial charge < -0.3 is 14.4 Å². The summed E-state index contributed by atoms with van der Waals surface area (Å²) in [7, 11) is 1.57. The second-order valence-electron chi connectivity index (χ2n) is 7.18. The van der Waals surface area contributed by atoms with E-state index in [1.165, 1.54) is 32.1 Å². The van der Waals surface area contributed by atoms with Crippen molar-refractivity contribution in [2.24, 2.45) is 0 Å². The summed E-state index contributed by atoms with van der Waals surface area (Å²) in [6, 6.07) is 6.59. The molecule has 1 aliphatic heterocycles. The molecule has 1 heterocycles. The van der Waals surface area contributed by atoms with Crippen LogP contribution in [0.2, 0.25) is 0 Å². The van der Waals surface area contributed by atoms with E-state index in [4.69, 9.17) is 9.47 Å². The van der Waals surface area contributed by atoms with E-state index in [9.17, 15) is 9.59 Å². The first-order chi connectivity index (χ1) is 13.2. The molecule has 1 aromatic rings. The van der Waals surface area contributed by atoms with Crippen molar-refractivity contribution in [1.29, 1.82) is 0 Å². The number of nitrogens with zero attached hydrogens (tertiary/aromatic N) is 1. The Morgan fingerprint density at radius 2 is 1.85 bits per heavy atom. The minimum atomic E-state index is -0.465. The van der Waals surface area contributed by atoms with Crippen molar-refractivity contribution in [2.45, 2.75) is 70.8 Å². The van der Waals surface area contributed by atoms with E-state index in [1.807, 2.05) is 0 Å². The molecule has 0 spiro atoms. The number of carbonyl (C=O) groups excluding carboxylic acids is 2. The number of hydrogen-bond donors (Lipinski definition) is 0. The second-order valence-corrected chi connectivity index (χ2v) is 7.18. The molecule has 1 aromatic carbocycles. The molecule has 0 bridgehead atoms. The smallest absolute Gasteiger partial charge is 0.328 e. The molecule has 5 nitrogen and oxygen atoms in total. The number of rotatable bonds is 11. The lowest BCUT2D eigenvalue weighted by Crippen LogP contribution is -2.41. The van der Waals surface area contributed by atoms with E-state index in [-0.39, 0.29) is 11.9 Å². The Morgan fingerprint density at radius 1 is 1.11 bits per heavy atom. The summed E-state index contributed by atoms with van der Waals surface area (Å²) in [5.74, 6) is 0.233. The van der Waals surface area contributed by atoms with Crippen LogP contribution in [-0.2, 0) is 9.53 Å². The highest BCUT2D eigenvalue weighted by Gasteiger charge is 2.35. The molecule has 1 amide bonds. The van der Waals surface area contributed by atoms with Crippen LogP contribution in [0.25, 0.3) is 0 Å². The number of amides is 1. The summed E-state index contributed by atoms with van der Waals surface area (Å²) in [6.07, 6.45) is 9.78. The first kappa shape index (κ1) is 21.3. The van der Waals surface area contributed by atoms with Gasteiger partial charge in [0, 0.05) is 12.1 Å². The molecule has 1 saturated heterocycles. The Hall–Kier alpha value is -2.04. The Morgan fingerprint density at radius 3 is 2.59 bits per heavy atom. The van der Waals surface area contributed by atoms with Crippen molar-refractivity contribution in [3.8, 4) is 5.75 Å². The number of esters is 1. The maximum absolute atomic E-state index is 12.8. The maximum atomic E-state index is 12.8. The molecule has 0 saturated carbocycles. The normalized spacial score (nSPS) is 16.4. The number of unbranched alkanes of at least 4 members (excludes halogenated alkanes) is 6. The van der Waals surface area contributed by atoms with Crippen LogP contribution >= 0.6 is 0 Å². The number of benzene rings is 1. The van der Waals surface area contributed by atoms with Gasteiger partial charge in [0.05, 0.1) is 13.7 Å². The van der Waals surface area contributed by atoms with Crippen LogP contribution in [0.1, 0.15) is 75.1 Å². The third-order valence-electron chi connectivity index (χ3n) is 5.09. The molecule has 1 aliphatic rings. The number of likely N-dealkylation sites (tertiary alicyclic amines) is 1. The van der Waals surface area contributed by atoms with Gasteiger partial charge in [-0.3, -0.25) is 4.79 Å². The zero-order chi connectivity index (χ0) is 19.5. The molecular weight excluding hydrogens is 342 g/mol. The van der Waals surface area contributed by atoms with Gasteiger partial charge >= 0.3 is 5.97 Å². The summed E-state index contributed by atoms with van der Waals surface area (Å²) in [4.78, 5) is 26.9. The van der Waals surface area contributed by atoms with Crippen LogP contribution in [0.5, 0.6) is 5.75 Å². The zero-order valence-electron chi connectivity index (χ0n) is 16.7. The highest BCUT2D eigenvalue weighted by molar-refractivity contribution is 5.97. The van der Waals surface area contributed by atoms with Gasteiger partial charge in [0.2, 0.25) is 0 Å². The Bertz CT molecular complexity index is 602. The fourth-order valence-corrected chi connectivity index (χ4v) is 3.50. The minimum Gasteiger partial charge on any atom is -0.497 e. The monoisotopic (exact) mass is 375 g/mol. The van der Waals surface area contributed by atoms with Gasteiger partial charge in [-0.25, -0.2) is 4.79 Å². The molecule has 0 N–H and O–H groups in total. The number of methoxy groups -OCH3 is 1. The third kappa shape index (κ3) is 6.56. The first-order valence-electron chi connectivity index (χ1n) is 10.3. The fourth-order valence-electron chi connectivity index (χ4n) is 3.50. The molecule has 1 unspecified atom stereocenters. The summed E-state index contributed by atoms with van der Waals surface area (Å²) < 4.78 is 10.6. The lowest BCUT2D eigenvalue weighted by Gasteiger charge is -2.23. The molecule has 0 aromatic heterocycles. The number of hydrogen-bond acceptors (Lipinski definition) is 4. The predicted octanol–water partition coefficient (Wildman–Crippen LogP) is 4.59. The standard InChI is InChI=1S/C22H33NO4/c1-3-4-5-6-7-8-9-16-27-22(25)20-14-11-15-23(20)21(24)18-12-10-13-19(17-18)26-2/h10,12-13,17,20H,3-9,11,14-16H2,1-2H3. The fraction of sp³-hybridized carbons (Fsp3) is 0.636. The van der Waals surface area contributed by atoms with Gasteiger partial charge in [0.25, 0.3) is 5.91 Å². The summed E-state index contributed by atoms with van der Waals surface area (Å²) in [5.41, 5.74) is 0.543. The Labute approximate surface area is 163 Å². The first-order valence-corrected chi connectivity index (χ1v) is 10.3. The number of carbonyl (C=O) groups is 2.